The van der Waals surface area contributed by atoms with Gasteiger partial charge in [0.05, 0.1) is 6.54 Å². The minimum atomic E-state index is -3.82. The number of aromatic nitrogens is 1. The molecule has 1 aromatic heterocycles. The van der Waals surface area contributed by atoms with Gasteiger partial charge in [0.15, 0.2) is 0 Å². The fourth-order valence-corrected chi connectivity index (χ4v) is 3.70. The van der Waals surface area contributed by atoms with Gasteiger partial charge in [-0.15, -0.1) is 0 Å². The molecule has 1 aliphatic heterocycles. The highest BCUT2D eigenvalue weighted by Crippen LogP contribution is 2.18. The molecule has 1 aliphatic rings. The van der Waals surface area contributed by atoms with Crippen LogP contribution in [0, 0.1) is 6.92 Å². The van der Waals surface area contributed by atoms with E-state index in [0.717, 1.165) is 4.31 Å². The van der Waals surface area contributed by atoms with Crippen LogP contribution in [0.5, 0.6) is 0 Å². The number of sulfonamides is 1. The van der Waals surface area contributed by atoms with Crippen LogP contribution in [-0.4, -0.2) is 42.3 Å². The standard InChI is InChI=1S/C11H15N3O5S/c1-3-9-11(16)12-10(15)5-14(9)20(17,18)6-8-4-7(2)19-13-8/h4,9H,3,5-6H2,1-2H3,(H,12,15,16). The number of rotatable bonds is 4. The molecule has 1 N–H and O–H groups in total. The highest BCUT2D eigenvalue weighted by Gasteiger charge is 2.40. The summed E-state index contributed by atoms with van der Waals surface area (Å²) in [4.78, 5) is 23.1. The van der Waals surface area contributed by atoms with Gasteiger partial charge in [-0.25, -0.2) is 8.42 Å². The first-order chi connectivity index (χ1) is 9.33. The predicted octanol–water partition coefficient (Wildman–Crippen LogP) is -0.450. The quantitative estimate of drug-likeness (QED) is 0.754. The second-order valence-corrected chi connectivity index (χ2v) is 6.49. The Morgan fingerprint density at radius 3 is 2.75 bits per heavy atom. The predicted molar refractivity (Wildman–Crippen MR) is 67.8 cm³/mol. The van der Waals surface area contributed by atoms with Crippen LogP contribution in [0.1, 0.15) is 24.8 Å². The number of carbonyl (C=O) groups is 2. The van der Waals surface area contributed by atoms with Crippen LogP contribution in [-0.2, 0) is 25.4 Å². The molecule has 0 spiro atoms. The lowest BCUT2D eigenvalue weighted by Crippen LogP contribution is -2.59. The zero-order chi connectivity index (χ0) is 14.9. The Morgan fingerprint density at radius 1 is 1.50 bits per heavy atom. The summed E-state index contributed by atoms with van der Waals surface area (Å²) in [6.45, 7) is 2.97. The fraction of sp³-hybridized carbons (Fsp3) is 0.545. The van der Waals surface area contributed by atoms with Crippen molar-refractivity contribution in [1.29, 1.82) is 0 Å². The van der Waals surface area contributed by atoms with Gasteiger partial charge in [0.1, 0.15) is 23.2 Å². The van der Waals surface area contributed by atoms with Crippen molar-refractivity contribution < 1.29 is 22.5 Å². The van der Waals surface area contributed by atoms with Gasteiger partial charge >= 0.3 is 0 Å². The van der Waals surface area contributed by atoms with E-state index in [4.69, 9.17) is 4.52 Å². The number of hydrogen-bond donors (Lipinski definition) is 1. The van der Waals surface area contributed by atoms with Gasteiger partial charge in [0.25, 0.3) is 0 Å². The van der Waals surface area contributed by atoms with Gasteiger partial charge in [-0.05, 0) is 13.3 Å². The first kappa shape index (κ1) is 14.7. The molecule has 0 aromatic carbocycles. The third-order valence-corrected chi connectivity index (χ3v) is 4.72. The number of nitrogens with one attached hydrogen (secondary N) is 1. The van der Waals surface area contributed by atoms with Crippen molar-refractivity contribution in [3.8, 4) is 0 Å². The highest BCUT2D eigenvalue weighted by molar-refractivity contribution is 7.88. The summed E-state index contributed by atoms with van der Waals surface area (Å²) in [5.74, 6) is -1.13. The van der Waals surface area contributed by atoms with Crippen LogP contribution in [0.3, 0.4) is 0 Å². The van der Waals surface area contributed by atoms with Crippen LogP contribution in [0.25, 0.3) is 0 Å². The van der Waals surface area contributed by atoms with Gasteiger partial charge in [-0.2, -0.15) is 4.31 Å². The summed E-state index contributed by atoms with van der Waals surface area (Å²) in [6, 6.07) is 0.635. The van der Waals surface area contributed by atoms with E-state index >= 15 is 0 Å². The average molecular weight is 301 g/mol. The minimum Gasteiger partial charge on any atom is -0.361 e. The van der Waals surface area contributed by atoms with E-state index in [1.54, 1.807) is 13.8 Å². The molecule has 1 unspecified atom stereocenters. The van der Waals surface area contributed by atoms with Crippen LogP contribution >= 0.6 is 0 Å². The molecule has 1 saturated heterocycles. The van der Waals surface area contributed by atoms with Crippen molar-refractivity contribution in [2.75, 3.05) is 6.54 Å². The van der Waals surface area contributed by atoms with Gasteiger partial charge in [-0.1, -0.05) is 12.1 Å². The van der Waals surface area contributed by atoms with Crippen molar-refractivity contribution in [3.63, 3.8) is 0 Å². The van der Waals surface area contributed by atoms with Gasteiger partial charge in [-0.3, -0.25) is 14.9 Å². The molecular weight excluding hydrogens is 286 g/mol. The molecule has 0 aliphatic carbocycles. The Balaban J connectivity index is 2.26. The third kappa shape index (κ3) is 2.88. The molecule has 2 heterocycles. The summed E-state index contributed by atoms with van der Waals surface area (Å²) >= 11 is 0. The molecule has 1 fully saturated rings. The molecule has 20 heavy (non-hydrogen) atoms. The maximum Gasteiger partial charge on any atom is 0.245 e. The molecule has 2 rings (SSSR count). The number of piperazine rings is 1. The molecule has 8 nitrogen and oxygen atoms in total. The van der Waals surface area contributed by atoms with Crippen LogP contribution in [0.4, 0.5) is 0 Å². The Kier molecular flexibility index (Phi) is 3.91. The smallest absolute Gasteiger partial charge is 0.245 e. The maximum atomic E-state index is 12.3. The summed E-state index contributed by atoms with van der Waals surface area (Å²) in [5.41, 5.74) is 0.246. The number of aryl methyl sites for hydroxylation is 1. The Bertz CT molecular complexity index is 636. The number of nitrogens with zero attached hydrogens (tertiary/aromatic N) is 2. The first-order valence-electron chi connectivity index (χ1n) is 6.09. The lowest BCUT2D eigenvalue weighted by Gasteiger charge is -2.32. The van der Waals surface area contributed by atoms with E-state index in [1.807, 2.05) is 0 Å². The SMILES string of the molecule is CCC1C(=O)NC(=O)CN1S(=O)(=O)Cc1cc(C)on1. The van der Waals surface area contributed by atoms with Crippen molar-refractivity contribution >= 4 is 21.8 Å². The van der Waals surface area contributed by atoms with Crippen molar-refractivity contribution in [2.24, 2.45) is 0 Å². The minimum absolute atomic E-state index is 0.246. The van der Waals surface area contributed by atoms with Crippen molar-refractivity contribution in [1.82, 2.24) is 14.8 Å². The van der Waals surface area contributed by atoms with E-state index in [9.17, 15) is 18.0 Å². The second kappa shape index (κ2) is 5.33. The lowest BCUT2D eigenvalue weighted by atomic mass is 10.2. The maximum absolute atomic E-state index is 12.3. The Labute approximate surface area is 116 Å². The molecule has 9 heteroatoms. The molecule has 2 amide bonds. The van der Waals surface area contributed by atoms with E-state index in [-0.39, 0.29) is 18.7 Å². The lowest BCUT2D eigenvalue weighted by molar-refractivity contribution is -0.137. The second-order valence-electron chi connectivity index (χ2n) is 4.57. The molecular formula is C11H15N3O5S. The van der Waals surface area contributed by atoms with E-state index < -0.39 is 33.6 Å². The highest BCUT2D eigenvalue weighted by atomic mass is 32.2. The first-order valence-corrected chi connectivity index (χ1v) is 7.70. The van der Waals surface area contributed by atoms with Crippen LogP contribution in [0.15, 0.2) is 10.6 Å². The average Bonchev–Trinajstić information content (AvgIpc) is 2.73. The molecule has 0 radical (unpaired) electrons. The van der Waals surface area contributed by atoms with E-state index in [0.29, 0.717) is 5.76 Å². The van der Waals surface area contributed by atoms with E-state index in [2.05, 4.69) is 10.5 Å². The zero-order valence-electron chi connectivity index (χ0n) is 11.1. The summed E-state index contributed by atoms with van der Waals surface area (Å²) in [5, 5.41) is 5.75. The molecule has 0 bridgehead atoms. The number of hydrogen-bond acceptors (Lipinski definition) is 6. The van der Waals surface area contributed by atoms with E-state index in [1.165, 1.54) is 6.07 Å². The molecule has 1 atom stereocenters. The Morgan fingerprint density at radius 2 is 2.20 bits per heavy atom. The van der Waals surface area contributed by atoms with Crippen LogP contribution < -0.4 is 5.32 Å². The molecule has 110 valence electrons. The summed E-state index contributed by atoms with van der Waals surface area (Å²) in [6.07, 6.45) is 0.288. The third-order valence-electron chi connectivity index (χ3n) is 2.96. The largest absolute Gasteiger partial charge is 0.361 e. The van der Waals surface area contributed by atoms with Crippen molar-refractivity contribution in [3.05, 3.63) is 17.5 Å². The van der Waals surface area contributed by atoms with Gasteiger partial charge < -0.3 is 4.52 Å². The monoisotopic (exact) mass is 301 g/mol. The van der Waals surface area contributed by atoms with Gasteiger partial charge in [0.2, 0.25) is 21.8 Å². The number of carbonyl (C=O) groups excluding carboxylic acids is 2. The number of amides is 2. The van der Waals surface area contributed by atoms with Gasteiger partial charge in [0, 0.05) is 6.07 Å². The normalized spacial score (nSPS) is 21.0. The fourth-order valence-electron chi connectivity index (χ4n) is 2.08. The topological polar surface area (TPSA) is 110 Å². The molecule has 1 aromatic rings. The number of imide groups is 1. The zero-order valence-corrected chi connectivity index (χ0v) is 11.9. The Hall–Kier alpha value is -1.74. The van der Waals surface area contributed by atoms with Crippen molar-refractivity contribution in [2.45, 2.75) is 32.1 Å². The summed E-state index contributed by atoms with van der Waals surface area (Å²) in [7, 11) is -3.82. The molecule has 0 saturated carbocycles. The summed E-state index contributed by atoms with van der Waals surface area (Å²) < 4.78 is 30.4. The van der Waals surface area contributed by atoms with Crippen LogP contribution in [0.2, 0.25) is 0 Å².